The Bertz CT molecular complexity index is 1490. The number of amides is 2. The zero-order valence-corrected chi connectivity index (χ0v) is 20.4. The van der Waals surface area contributed by atoms with Crippen molar-refractivity contribution in [1.82, 2.24) is 14.8 Å². The Morgan fingerprint density at radius 1 is 1.13 bits per heavy atom. The molecule has 0 saturated heterocycles. The fourth-order valence-electron chi connectivity index (χ4n) is 4.68. The van der Waals surface area contributed by atoms with E-state index in [1.165, 1.54) is 16.8 Å². The fourth-order valence-corrected chi connectivity index (χ4v) is 4.68. The first-order valence-corrected chi connectivity index (χ1v) is 12.1. The molecular formula is C28H25F2N3O5. The Morgan fingerprint density at radius 3 is 2.63 bits per heavy atom. The van der Waals surface area contributed by atoms with Gasteiger partial charge in [0.1, 0.15) is 23.8 Å². The number of aromatic nitrogens is 1. The van der Waals surface area contributed by atoms with Crippen molar-refractivity contribution in [2.24, 2.45) is 0 Å². The third-order valence-electron chi connectivity index (χ3n) is 6.79. The molecule has 0 saturated carbocycles. The molecule has 2 N–H and O–H groups in total. The van der Waals surface area contributed by atoms with Crippen molar-refractivity contribution < 1.29 is 28.2 Å². The molecule has 1 aromatic heterocycles. The van der Waals surface area contributed by atoms with Crippen LogP contribution in [0.5, 0.6) is 5.75 Å². The average Bonchev–Trinajstić information content (AvgIpc) is 3.03. The number of halogens is 2. The summed E-state index contributed by atoms with van der Waals surface area (Å²) in [6, 6.07) is 11.0. The van der Waals surface area contributed by atoms with Crippen LogP contribution in [0, 0.1) is 11.6 Å². The highest BCUT2D eigenvalue weighted by Crippen LogP contribution is 2.33. The number of carbonyl (C=O) groups is 2. The molecule has 2 aliphatic rings. The highest BCUT2D eigenvalue weighted by atomic mass is 19.1. The van der Waals surface area contributed by atoms with E-state index >= 15 is 0 Å². The molecule has 0 fully saturated rings. The minimum absolute atomic E-state index is 0.0301. The van der Waals surface area contributed by atoms with Gasteiger partial charge in [0.25, 0.3) is 11.8 Å². The Kier molecular flexibility index (Phi) is 6.81. The first-order chi connectivity index (χ1) is 18.2. The van der Waals surface area contributed by atoms with Crippen molar-refractivity contribution in [1.29, 1.82) is 0 Å². The summed E-state index contributed by atoms with van der Waals surface area (Å²) in [5, 5.41) is 13.3. The van der Waals surface area contributed by atoms with Gasteiger partial charge in [-0.05, 0) is 18.6 Å². The zero-order chi connectivity index (χ0) is 27.0. The van der Waals surface area contributed by atoms with Gasteiger partial charge in [-0.3, -0.25) is 14.4 Å². The first kappa shape index (κ1) is 25.3. The molecule has 38 heavy (non-hydrogen) atoms. The van der Waals surface area contributed by atoms with Gasteiger partial charge < -0.3 is 24.6 Å². The number of benzene rings is 2. The topological polar surface area (TPSA) is 101 Å². The lowest BCUT2D eigenvalue weighted by Crippen LogP contribution is -2.49. The molecule has 3 atom stereocenters. The molecule has 5 rings (SSSR count). The van der Waals surface area contributed by atoms with Gasteiger partial charge in [0.05, 0.1) is 12.1 Å². The van der Waals surface area contributed by atoms with E-state index in [9.17, 15) is 28.3 Å². The van der Waals surface area contributed by atoms with Gasteiger partial charge in [0, 0.05) is 37.0 Å². The molecule has 196 valence electrons. The van der Waals surface area contributed by atoms with E-state index in [1.807, 2.05) is 6.07 Å². The molecule has 3 heterocycles. The zero-order valence-electron chi connectivity index (χ0n) is 20.4. The third kappa shape index (κ3) is 4.70. The SMILES string of the molecule is C[C@H]1C=C[C@H](O)[C@H]2CN1C(=O)c1c(OCc3ccccc3)c(=O)c(C(=O)NCc3ccc(F)cc3F)cn12. The summed E-state index contributed by atoms with van der Waals surface area (Å²) in [7, 11) is 0. The van der Waals surface area contributed by atoms with E-state index in [0.29, 0.717) is 6.07 Å². The predicted octanol–water partition coefficient (Wildman–Crippen LogP) is 2.95. The number of fused-ring (bicyclic) bond motifs is 4. The molecule has 0 radical (unpaired) electrons. The van der Waals surface area contributed by atoms with Crippen molar-refractivity contribution in [3.8, 4) is 5.75 Å². The molecular weight excluding hydrogens is 496 g/mol. The Hall–Kier alpha value is -4.31. The molecule has 8 nitrogen and oxygen atoms in total. The number of rotatable bonds is 6. The van der Waals surface area contributed by atoms with Crippen LogP contribution in [-0.2, 0) is 13.2 Å². The number of aliphatic hydroxyl groups excluding tert-OH is 1. The number of aliphatic hydroxyl groups is 1. The molecule has 2 aliphatic heterocycles. The van der Waals surface area contributed by atoms with Crippen LogP contribution in [0.3, 0.4) is 0 Å². The summed E-state index contributed by atoms with van der Waals surface area (Å²) in [5.74, 6) is -3.20. The molecule has 3 aromatic rings. The van der Waals surface area contributed by atoms with Crippen LogP contribution in [0.1, 0.15) is 44.9 Å². The largest absolute Gasteiger partial charge is 0.483 e. The van der Waals surface area contributed by atoms with Crippen molar-refractivity contribution in [2.75, 3.05) is 6.54 Å². The third-order valence-corrected chi connectivity index (χ3v) is 6.79. The van der Waals surface area contributed by atoms with Gasteiger partial charge in [0.15, 0.2) is 11.4 Å². The summed E-state index contributed by atoms with van der Waals surface area (Å²) < 4.78 is 34.6. The Morgan fingerprint density at radius 2 is 1.89 bits per heavy atom. The van der Waals surface area contributed by atoms with Crippen molar-refractivity contribution in [2.45, 2.75) is 38.3 Å². The smallest absolute Gasteiger partial charge is 0.275 e. The summed E-state index contributed by atoms with van der Waals surface area (Å²) >= 11 is 0. The quantitative estimate of drug-likeness (QED) is 0.486. The van der Waals surface area contributed by atoms with Gasteiger partial charge in [-0.2, -0.15) is 0 Å². The van der Waals surface area contributed by atoms with Crippen LogP contribution in [0.4, 0.5) is 8.78 Å². The Labute approximate surface area is 216 Å². The second kappa shape index (κ2) is 10.2. The second-order valence-electron chi connectivity index (χ2n) is 9.29. The predicted molar refractivity (Wildman–Crippen MR) is 134 cm³/mol. The minimum Gasteiger partial charge on any atom is -0.483 e. The van der Waals surface area contributed by atoms with Crippen LogP contribution in [0.15, 0.2) is 71.7 Å². The summed E-state index contributed by atoms with van der Waals surface area (Å²) in [6.45, 7) is 1.62. The second-order valence-corrected chi connectivity index (χ2v) is 9.29. The van der Waals surface area contributed by atoms with Crippen molar-refractivity contribution >= 4 is 11.8 Å². The van der Waals surface area contributed by atoms with E-state index in [0.717, 1.165) is 11.6 Å². The van der Waals surface area contributed by atoms with Gasteiger partial charge in [0.2, 0.25) is 5.43 Å². The number of pyridine rings is 1. The van der Waals surface area contributed by atoms with E-state index in [-0.39, 0.29) is 48.3 Å². The number of carbonyl (C=O) groups excluding carboxylic acids is 2. The van der Waals surface area contributed by atoms with Crippen LogP contribution >= 0.6 is 0 Å². The summed E-state index contributed by atoms with van der Waals surface area (Å²) in [4.78, 5) is 41.8. The van der Waals surface area contributed by atoms with Crippen LogP contribution < -0.4 is 15.5 Å². The van der Waals surface area contributed by atoms with Gasteiger partial charge in [-0.25, -0.2) is 8.78 Å². The van der Waals surface area contributed by atoms with Gasteiger partial charge >= 0.3 is 0 Å². The van der Waals surface area contributed by atoms with Gasteiger partial charge in [-0.15, -0.1) is 0 Å². The minimum atomic E-state index is -0.997. The number of hydrogen-bond acceptors (Lipinski definition) is 5. The average molecular weight is 522 g/mol. The molecule has 2 amide bonds. The fraction of sp³-hybridized carbons (Fsp3) is 0.250. The van der Waals surface area contributed by atoms with Gasteiger partial charge in [-0.1, -0.05) is 48.6 Å². The Balaban J connectivity index is 1.56. The number of nitrogens with zero attached hydrogens (tertiary/aromatic N) is 2. The summed E-state index contributed by atoms with van der Waals surface area (Å²) in [6.07, 6.45) is 3.53. The lowest BCUT2D eigenvalue weighted by Gasteiger charge is -2.38. The van der Waals surface area contributed by atoms with E-state index in [2.05, 4.69) is 5.32 Å². The number of ether oxygens (including phenoxy) is 1. The number of nitrogens with one attached hydrogen (secondary N) is 1. The lowest BCUT2D eigenvalue weighted by atomic mass is 10.0. The molecule has 0 aliphatic carbocycles. The van der Waals surface area contributed by atoms with Crippen molar-refractivity contribution in [3.63, 3.8) is 0 Å². The van der Waals surface area contributed by atoms with E-state index in [4.69, 9.17) is 4.74 Å². The molecule has 2 aromatic carbocycles. The van der Waals surface area contributed by atoms with E-state index in [1.54, 1.807) is 48.2 Å². The molecule has 0 unspecified atom stereocenters. The highest BCUT2D eigenvalue weighted by molar-refractivity contribution is 5.99. The van der Waals surface area contributed by atoms with Crippen LogP contribution in [0.25, 0.3) is 0 Å². The standard InChI is InChI=1S/C28H25F2N3O5/c1-16-7-10-23(34)22-14-32(16)28(37)24-26(38-15-17-5-3-2-4-6-17)25(35)20(13-33(22)24)27(36)31-12-18-8-9-19(29)11-21(18)30/h2-11,13,16,22-23,34H,12,14-15H2,1H3,(H,31,36)/t16-,22+,23-/m0/s1. The van der Waals surface area contributed by atoms with E-state index < -0.39 is 41.0 Å². The first-order valence-electron chi connectivity index (χ1n) is 12.1. The maximum absolute atomic E-state index is 14.1. The highest BCUT2D eigenvalue weighted by Gasteiger charge is 2.41. The lowest BCUT2D eigenvalue weighted by molar-refractivity contribution is 0.0530. The molecule has 2 bridgehead atoms. The number of hydrogen-bond donors (Lipinski definition) is 2. The monoisotopic (exact) mass is 521 g/mol. The van der Waals surface area contributed by atoms with Crippen LogP contribution in [0.2, 0.25) is 0 Å². The van der Waals surface area contributed by atoms with Crippen LogP contribution in [-0.4, -0.2) is 45.1 Å². The normalized spacial score (nSPS) is 20.1. The van der Waals surface area contributed by atoms with Crippen molar-refractivity contribution in [3.05, 3.63) is 111 Å². The maximum Gasteiger partial charge on any atom is 0.275 e. The summed E-state index contributed by atoms with van der Waals surface area (Å²) in [5.41, 5.74) is -0.439. The molecule has 0 spiro atoms. The maximum atomic E-state index is 14.1. The molecule has 10 heteroatoms.